The molecule has 0 radical (unpaired) electrons. The van der Waals surface area contributed by atoms with E-state index < -0.39 is 17.7 Å². The SMILES string of the molecule is COC(=O)c1cc2c3c(cc(OCc4ccccc4)c2o1)N(C(=O)OC(C)(C)C)C[C@H]3CCl. The van der Waals surface area contributed by atoms with E-state index in [1.54, 1.807) is 17.0 Å². The van der Waals surface area contributed by atoms with Gasteiger partial charge in [-0.3, -0.25) is 4.90 Å². The molecule has 0 saturated heterocycles. The third-order valence-electron chi connectivity index (χ3n) is 5.32. The van der Waals surface area contributed by atoms with Gasteiger partial charge >= 0.3 is 12.1 Å². The van der Waals surface area contributed by atoms with Gasteiger partial charge in [0.2, 0.25) is 5.76 Å². The minimum Gasteiger partial charge on any atom is -0.485 e. The molecule has 174 valence electrons. The van der Waals surface area contributed by atoms with Crippen molar-refractivity contribution in [1.29, 1.82) is 0 Å². The monoisotopic (exact) mass is 471 g/mol. The fraction of sp³-hybridized carbons (Fsp3) is 0.360. The van der Waals surface area contributed by atoms with Crippen LogP contribution < -0.4 is 9.64 Å². The minimum atomic E-state index is -0.652. The molecule has 1 aliphatic heterocycles. The zero-order valence-corrected chi connectivity index (χ0v) is 19.8. The van der Waals surface area contributed by atoms with E-state index in [1.807, 2.05) is 51.1 Å². The molecule has 4 rings (SSSR count). The van der Waals surface area contributed by atoms with Crippen LogP contribution in [0.3, 0.4) is 0 Å². The molecule has 0 spiro atoms. The molecular formula is C25H26ClNO6. The maximum Gasteiger partial charge on any atom is 0.414 e. The van der Waals surface area contributed by atoms with E-state index in [-0.39, 0.29) is 24.2 Å². The number of benzene rings is 2. The molecule has 33 heavy (non-hydrogen) atoms. The lowest BCUT2D eigenvalue weighted by molar-refractivity contribution is 0.0563. The molecule has 1 atom stereocenters. The van der Waals surface area contributed by atoms with Crippen LogP contribution in [0.2, 0.25) is 0 Å². The van der Waals surface area contributed by atoms with E-state index in [9.17, 15) is 9.59 Å². The molecule has 0 N–H and O–H groups in total. The molecule has 0 unspecified atom stereocenters. The van der Waals surface area contributed by atoms with E-state index in [4.69, 9.17) is 30.2 Å². The highest BCUT2D eigenvalue weighted by Crippen LogP contribution is 2.47. The predicted molar refractivity (Wildman–Crippen MR) is 125 cm³/mol. The second kappa shape index (κ2) is 8.98. The van der Waals surface area contributed by atoms with E-state index in [2.05, 4.69) is 0 Å². The van der Waals surface area contributed by atoms with E-state index in [0.29, 0.717) is 29.0 Å². The summed E-state index contributed by atoms with van der Waals surface area (Å²) in [6, 6.07) is 13.0. The Balaban J connectivity index is 1.83. The Morgan fingerprint density at radius 1 is 1.18 bits per heavy atom. The van der Waals surface area contributed by atoms with Crippen LogP contribution in [-0.4, -0.2) is 37.2 Å². The number of esters is 1. The fourth-order valence-electron chi connectivity index (χ4n) is 3.90. The molecule has 0 bridgehead atoms. The number of rotatable bonds is 5. The molecule has 1 amide bonds. The number of amides is 1. The van der Waals surface area contributed by atoms with E-state index >= 15 is 0 Å². The van der Waals surface area contributed by atoms with Gasteiger partial charge in [-0.2, -0.15) is 0 Å². The second-order valence-corrected chi connectivity index (χ2v) is 9.18. The summed E-state index contributed by atoms with van der Waals surface area (Å²) in [7, 11) is 1.29. The number of halogens is 1. The van der Waals surface area contributed by atoms with Crippen LogP contribution in [0.15, 0.2) is 46.9 Å². The van der Waals surface area contributed by atoms with Crippen molar-refractivity contribution in [3.05, 3.63) is 59.4 Å². The van der Waals surface area contributed by atoms with Crippen LogP contribution in [-0.2, 0) is 16.1 Å². The van der Waals surface area contributed by atoms with Gasteiger partial charge in [-0.15, -0.1) is 11.6 Å². The number of alkyl halides is 1. The largest absolute Gasteiger partial charge is 0.485 e. The van der Waals surface area contributed by atoms with Crippen molar-refractivity contribution in [2.75, 3.05) is 24.4 Å². The zero-order valence-electron chi connectivity index (χ0n) is 19.0. The molecule has 0 aliphatic carbocycles. The van der Waals surface area contributed by atoms with Gasteiger partial charge in [0.05, 0.1) is 12.8 Å². The smallest absolute Gasteiger partial charge is 0.414 e. The molecule has 8 heteroatoms. The highest BCUT2D eigenvalue weighted by molar-refractivity contribution is 6.19. The lowest BCUT2D eigenvalue weighted by Crippen LogP contribution is -2.36. The third-order valence-corrected chi connectivity index (χ3v) is 5.69. The van der Waals surface area contributed by atoms with Crippen LogP contribution in [0.25, 0.3) is 11.0 Å². The lowest BCUT2D eigenvalue weighted by Gasteiger charge is -2.25. The van der Waals surface area contributed by atoms with Gasteiger partial charge < -0.3 is 18.6 Å². The van der Waals surface area contributed by atoms with Gasteiger partial charge in [0, 0.05) is 29.8 Å². The Hall–Kier alpha value is -3.19. The first kappa shape index (κ1) is 23.0. The summed E-state index contributed by atoms with van der Waals surface area (Å²) in [5.41, 5.74) is 2.17. The predicted octanol–water partition coefficient (Wildman–Crippen LogP) is 5.88. The topological polar surface area (TPSA) is 78.2 Å². The van der Waals surface area contributed by atoms with Crippen LogP contribution in [0.1, 0.15) is 48.4 Å². The number of carbonyl (C=O) groups is 2. The van der Waals surface area contributed by atoms with Gasteiger partial charge in [0.1, 0.15) is 12.2 Å². The molecule has 2 aromatic carbocycles. The van der Waals surface area contributed by atoms with Crippen molar-refractivity contribution in [1.82, 2.24) is 0 Å². The minimum absolute atomic E-state index is 0.0505. The molecule has 1 aliphatic rings. The summed E-state index contributed by atoms with van der Waals surface area (Å²) in [4.78, 5) is 26.7. The number of hydrogen-bond donors (Lipinski definition) is 0. The molecule has 3 aromatic rings. The normalized spacial score (nSPS) is 15.4. The lowest BCUT2D eigenvalue weighted by atomic mass is 9.98. The van der Waals surface area contributed by atoms with Crippen LogP contribution in [0.4, 0.5) is 10.5 Å². The van der Waals surface area contributed by atoms with Gasteiger partial charge in [-0.05, 0) is 38.0 Å². The number of methoxy groups -OCH3 is 1. The number of hydrogen-bond acceptors (Lipinski definition) is 6. The summed E-state index contributed by atoms with van der Waals surface area (Å²) in [6.07, 6.45) is -0.471. The van der Waals surface area contributed by atoms with Crippen LogP contribution in [0.5, 0.6) is 5.75 Å². The first-order chi connectivity index (χ1) is 15.7. The Morgan fingerprint density at radius 2 is 1.91 bits per heavy atom. The zero-order chi connectivity index (χ0) is 23.8. The van der Waals surface area contributed by atoms with E-state index in [1.165, 1.54) is 7.11 Å². The summed E-state index contributed by atoms with van der Waals surface area (Å²) in [5, 5.41) is 0.660. The van der Waals surface area contributed by atoms with Gasteiger partial charge in [0.15, 0.2) is 11.3 Å². The highest BCUT2D eigenvalue weighted by Gasteiger charge is 2.38. The number of furan rings is 1. The summed E-state index contributed by atoms with van der Waals surface area (Å²) in [6.45, 7) is 6.09. The summed E-state index contributed by atoms with van der Waals surface area (Å²) < 4.78 is 22.4. The summed E-state index contributed by atoms with van der Waals surface area (Å²) >= 11 is 6.28. The molecule has 1 aromatic heterocycles. The standard InChI is InChI=1S/C25H26ClNO6/c1-25(2,3)33-24(29)27-13-16(12-26)21-17-10-20(23(28)30-4)32-22(17)19(11-18(21)27)31-14-15-8-6-5-7-9-15/h5-11,16H,12-14H2,1-4H3/t16-/m1/s1. The molecule has 0 saturated carbocycles. The Bertz CT molecular complexity index is 1180. The maximum absolute atomic E-state index is 13.0. The maximum atomic E-state index is 13.0. The van der Waals surface area contributed by atoms with Crippen LogP contribution in [0, 0.1) is 0 Å². The first-order valence-electron chi connectivity index (χ1n) is 10.6. The average molecular weight is 472 g/mol. The van der Waals surface area contributed by atoms with Crippen molar-refractivity contribution < 1.29 is 28.2 Å². The number of anilines is 1. The van der Waals surface area contributed by atoms with E-state index in [0.717, 1.165) is 11.1 Å². The van der Waals surface area contributed by atoms with Crippen molar-refractivity contribution in [3.63, 3.8) is 0 Å². The molecule has 2 heterocycles. The molecule has 7 nitrogen and oxygen atoms in total. The number of ether oxygens (including phenoxy) is 3. The van der Waals surface area contributed by atoms with Gasteiger partial charge in [-0.25, -0.2) is 9.59 Å². The quantitative estimate of drug-likeness (QED) is 0.341. The Morgan fingerprint density at radius 3 is 2.55 bits per heavy atom. The number of nitrogens with zero attached hydrogens (tertiary/aromatic N) is 1. The Labute approximate surface area is 197 Å². The van der Waals surface area contributed by atoms with Crippen molar-refractivity contribution in [3.8, 4) is 5.75 Å². The van der Waals surface area contributed by atoms with Crippen LogP contribution >= 0.6 is 11.6 Å². The fourth-order valence-corrected chi connectivity index (χ4v) is 4.15. The Kier molecular flexibility index (Phi) is 6.26. The summed E-state index contributed by atoms with van der Waals surface area (Å²) in [5.74, 6) is -0.0213. The van der Waals surface area contributed by atoms with Crippen molar-refractivity contribution >= 4 is 40.3 Å². The van der Waals surface area contributed by atoms with Crippen molar-refractivity contribution in [2.24, 2.45) is 0 Å². The van der Waals surface area contributed by atoms with Crippen molar-refractivity contribution in [2.45, 2.75) is 38.9 Å². The first-order valence-corrected chi connectivity index (χ1v) is 11.2. The molecular weight excluding hydrogens is 446 g/mol. The molecule has 0 fully saturated rings. The average Bonchev–Trinajstić information content (AvgIpc) is 3.38. The highest BCUT2D eigenvalue weighted by atomic mass is 35.5. The van der Waals surface area contributed by atoms with Gasteiger partial charge in [-0.1, -0.05) is 30.3 Å². The number of carbonyl (C=O) groups excluding carboxylic acids is 2. The third kappa shape index (κ3) is 4.64. The van der Waals surface area contributed by atoms with Gasteiger partial charge in [0.25, 0.3) is 0 Å². The number of fused-ring (bicyclic) bond motifs is 3. The second-order valence-electron chi connectivity index (χ2n) is 8.87.